The van der Waals surface area contributed by atoms with Gasteiger partial charge in [-0.15, -0.1) is 0 Å². The average Bonchev–Trinajstić information content (AvgIpc) is 2.16. The Morgan fingerprint density at radius 3 is 2.69 bits per heavy atom. The van der Waals surface area contributed by atoms with E-state index in [4.69, 9.17) is 5.73 Å². The molecule has 13 heavy (non-hydrogen) atoms. The molecule has 1 atom stereocenters. The Balaban J connectivity index is 3.12. The summed E-state index contributed by atoms with van der Waals surface area (Å²) in [7, 11) is 0. The van der Waals surface area contributed by atoms with E-state index >= 15 is 0 Å². The van der Waals surface area contributed by atoms with E-state index in [1.54, 1.807) is 0 Å². The minimum atomic E-state index is -0.999. The van der Waals surface area contributed by atoms with Gasteiger partial charge in [0.25, 0.3) is 0 Å². The van der Waals surface area contributed by atoms with Gasteiger partial charge in [-0.1, -0.05) is 12.1 Å². The largest absolute Gasteiger partial charge is 0.387 e. The third kappa shape index (κ3) is 2.02. The van der Waals surface area contributed by atoms with Crippen molar-refractivity contribution in [3.8, 4) is 0 Å². The molecule has 0 fully saturated rings. The smallest absolute Gasteiger partial charge is 0.129 e. The van der Waals surface area contributed by atoms with Crippen molar-refractivity contribution in [3.05, 3.63) is 35.1 Å². The van der Waals surface area contributed by atoms with Gasteiger partial charge in [0, 0.05) is 12.1 Å². The zero-order valence-electron chi connectivity index (χ0n) is 7.00. The molecular formula is C9H11F2NO. The Morgan fingerprint density at radius 2 is 2.15 bits per heavy atom. The van der Waals surface area contributed by atoms with Crippen LogP contribution in [0.3, 0.4) is 0 Å². The lowest BCUT2D eigenvalue weighted by atomic mass is 10.0. The number of halogens is 2. The molecule has 3 N–H and O–H groups in total. The summed E-state index contributed by atoms with van der Waals surface area (Å²) < 4.78 is 25.3. The van der Waals surface area contributed by atoms with E-state index in [0.29, 0.717) is 0 Å². The van der Waals surface area contributed by atoms with Gasteiger partial charge in [-0.05, 0) is 11.6 Å². The zero-order chi connectivity index (χ0) is 9.84. The molecule has 0 heterocycles. The van der Waals surface area contributed by atoms with Gasteiger partial charge in [0.2, 0.25) is 0 Å². The van der Waals surface area contributed by atoms with Gasteiger partial charge >= 0.3 is 0 Å². The van der Waals surface area contributed by atoms with Crippen LogP contribution >= 0.6 is 0 Å². The first-order valence-corrected chi connectivity index (χ1v) is 3.92. The van der Waals surface area contributed by atoms with E-state index in [1.807, 2.05) is 0 Å². The summed E-state index contributed by atoms with van der Waals surface area (Å²) in [6.07, 6.45) is -0.999. The Bertz CT molecular complexity index is 291. The van der Waals surface area contributed by atoms with E-state index in [-0.39, 0.29) is 17.7 Å². The van der Waals surface area contributed by atoms with Gasteiger partial charge in [-0.3, -0.25) is 0 Å². The molecule has 0 amide bonds. The molecule has 0 aliphatic rings. The normalized spacial score (nSPS) is 12.9. The number of alkyl halides is 1. The minimum Gasteiger partial charge on any atom is -0.387 e. The van der Waals surface area contributed by atoms with Gasteiger partial charge < -0.3 is 10.8 Å². The summed E-state index contributed by atoms with van der Waals surface area (Å²) >= 11 is 0. The summed E-state index contributed by atoms with van der Waals surface area (Å²) in [5, 5.41) is 9.31. The first-order valence-electron chi connectivity index (χ1n) is 3.92. The topological polar surface area (TPSA) is 46.2 Å². The summed E-state index contributed by atoms with van der Waals surface area (Å²) in [4.78, 5) is 0. The summed E-state index contributed by atoms with van der Waals surface area (Å²) in [6.45, 7) is -0.977. The molecule has 1 rings (SSSR count). The van der Waals surface area contributed by atoms with Crippen LogP contribution in [0.1, 0.15) is 17.2 Å². The molecule has 0 radical (unpaired) electrons. The number of nitrogens with two attached hydrogens (primary N) is 1. The fraction of sp³-hybridized carbons (Fsp3) is 0.333. The van der Waals surface area contributed by atoms with Crippen LogP contribution in [-0.2, 0) is 6.67 Å². The van der Waals surface area contributed by atoms with Gasteiger partial charge in [-0.25, -0.2) is 8.78 Å². The highest BCUT2D eigenvalue weighted by molar-refractivity contribution is 5.30. The van der Waals surface area contributed by atoms with Crippen LogP contribution in [-0.4, -0.2) is 11.7 Å². The van der Waals surface area contributed by atoms with Gasteiger partial charge in [0.1, 0.15) is 12.5 Å². The second-order valence-corrected chi connectivity index (χ2v) is 2.69. The number of aliphatic hydroxyl groups excluding tert-OH is 1. The van der Waals surface area contributed by atoms with Crippen molar-refractivity contribution >= 4 is 0 Å². The predicted molar refractivity (Wildman–Crippen MR) is 45.2 cm³/mol. The maximum absolute atomic E-state index is 13.0. The molecule has 0 aromatic heterocycles. The lowest BCUT2D eigenvalue weighted by Gasteiger charge is -2.12. The first-order chi connectivity index (χ1) is 6.20. The molecule has 1 aromatic carbocycles. The van der Waals surface area contributed by atoms with E-state index in [1.165, 1.54) is 12.1 Å². The highest BCUT2D eigenvalue weighted by Crippen LogP contribution is 2.20. The molecule has 0 aliphatic heterocycles. The van der Waals surface area contributed by atoms with Crippen LogP contribution in [0, 0.1) is 5.82 Å². The van der Waals surface area contributed by atoms with Crippen molar-refractivity contribution < 1.29 is 13.9 Å². The number of benzene rings is 1. The van der Waals surface area contributed by atoms with E-state index in [2.05, 4.69) is 0 Å². The molecule has 0 spiro atoms. The third-order valence-electron chi connectivity index (χ3n) is 1.87. The molecule has 72 valence electrons. The molecule has 4 heteroatoms. The zero-order valence-corrected chi connectivity index (χ0v) is 7.00. The molecule has 1 aromatic rings. The number of hydrogen-bond donors (Lipinski definition) is 2. The Morgan fingerprint density at radius 1 is 1.46 bits per heavy atom. The van der Waals surface area contributed by atoms with Gasteiger partial charge in [0.05, 0.1) is 6.10 Å². The molecule has 2 nitrogen and oxygen atoms in total. The highest BCUT2D eigenvalue weighted by atomic mass is 19.1. The highest BCUT2D eigenvalue weighted by Gasteiger charge is 2.13. The van der Waals surface area contributed by atoms with Crippen LogP contribution in [0.5, 0.6) is 0 Å². The van der Waals surface area contributed by atoms with E-state index in [0.717, 1.165) is 6.07 Å². The Labute approximate surface area is 75.0 Å². The maximum atomic E-state index is 13.0. The first kappa shape index (κ1) is 10.1. The van der Waals surface area contributed by atoms with Crippen LogP contribution in [0.4, 0.5) is 8.78 Å². The van der Waals surface area contributed by atoms with Crippen molar-refractivity contribution in [2.45, 2.75) is 12.8 Å². The number of rotatable bonds is 3. The van der Waals surface area contributed by atoms with Crippen LogP contribution in [0.2, 0.25) is 0 Å². The molecule has 0 unspecified atom stereocenters. The fourth-order valence-corrected chi connectivity index (χ4v) is 1.16. The average molecular weight is 187 g/mol. The predicted octanol–water partition coefficient (Wildman–Crippen LogP) is 1.29. The Hall–Kier alpha value is -1.00. The molecule has 0 aliphatic carbocycles. The van der Waals surface area contributed by atoms with Crippen molar-refractivity contribution in [3.63, 3.8) is 0 Å². The fourth-order valence-electron chi connectivity index (χ4n) is 1.16. The van der Waals surface area contributed by atoms with E-state index < -0.39 is 18.6 Å². The minimum absolute atomic E-state index is 0.0452. The van der Waals surface area contributed by atoms with Gasteiger partial charge in [0.15, 0.2) is 0 Å². The maximum Gasteiger partial charge on any atom is 0.129 e. The summed E-state index contributed by atoms with van der Waals surface area (Å²) in [5.41, 5.74) is 5.30. The summed E-state index contributed by atoms with van der Waals surface area (Å²) in [6, 6.07) is 4.04. The molecule has 0 saturated carbocycles. The lowest BCUT2D eigenvalue weighted by Crippen LogP contribution is -2.13. The van der Waals surface area contributed by atoms with Gasteiger partial charge in [-0.2, -0.15) is 0 Å². The van der Waals surface area contributed by atoms with Crippen LogP contribution in [0.25, 0.3) is 0 Å². The van der Waals surface area contributed by atoms with E-state index in [9.17, 15) is 13.9 Å². The molecule has 0 bridgehead atoms. The number of hydrogen-bond acceptors (Lipinski definition) is 2. The second-order valence-electron chi connectivity index (χ2n) is 2.69. The van der Waals surface area contributed by atoms with Crippen LogP contribution < -0.4 is 5.73 Å². The third-order valence-corrected chi connectivity index (χ3v) is 1.87. The number of aliphatic hydroxyl groups is 1. The van der Waals surface area contributed by atoms with Crippen molar-refractivity contribution in [2.75, 3.05) is 6.54 Å². The lowest BCUT2D eigenvalue weighted by molar-refractivity contribution is 0.184. The Kier molecular flexibility index (Phi) is 3.33. The van der Waals surface area contributed by atoms with Crippen molar-refractivity contribution in [1.82, 2.24) is 0 Å². The summed E-state index contributed by atoms with van der Waals surface area (Å²) in [5.74, 6) is -0.646. The molecule has 0 saturated heterocycles. The molecular weight excluding hydrogens is 176 g/mol. The standard InChI is InChI=1S/C9H11F2NO/c10-4-7-6(9(13)5-12)2-1-3-8(7)11/h1-3,9,13H,4-5,12H2/t9-/m1/s1. The second kappa shape index (κ2) is 4.30. The quantitative estimate of drug-likeness (QED) is 0.748. The van der Waals surface area contributed by atoms with Crippen molar-refractivity contribution in [2.24, 2.45) is 5.73 Å². The van der Waals surface area contributed by atoms with Crippen LogP contribution in [0.15, 0.2) is 18.2 Å². The van der Waals surface area contributed by atoms with Crippen molar-refractivity contribution in [1.29, 1.82) is 0 Å². The monoisotopic (exact) mass is 187 g/mol. The SMILES string of the molecule is NC[C@@H](O)c1cccc(F)c1CF.